The molecule has 0 aromatic heterocycles. The van der Waals surface area contributed by atoms with Crippen molar-refractivity contribution in [1.29, 1.82) is 0 Å². The highest BCUT2D eigenvalue weighted by Crippen LogP contribution is 2.12. The van der Waals surface area contributed by atoms with Gasteiger partial charge in [0.2, 0.25) is 0 Å². The number of halogens is 1. The maximum atomic E-state index is 12.9. The van der Waals surface area contributed by atoms with Crippen molar-refractivity contribution in [3.8, 4) is 0 Å². The number of aryl methyl sites for hydroxylation is 1. The first-order valence-electron chi connectivity index (χ1n) is 5.70. The average molecular weight is 240 g/mol. The monoisotopic (exact) mass is 240 g/mol. The van der Waals surface area contributed by atoms with Crippen LogP contribution in [-0.2, 0) is 0 Å². The summed E-state index contributed by atoms with van der Waals surface area (Å²) in [6.07, 6.45) is 3.26. The highest BCUT2D eigenvalue weighted by atomic mass is 19.1. The van der Waals surface area contributed by atoms with Crippen LogP contribution in [0.25, 0.3) is 6.08 Å². The smallest absolute Gasteiger partial charge is 0.186 e. The summed E-state index contributed by atoms with van der Waals surface area (Å²) in [5.41, 5.74) is 2.15. The van der Waals surface area contributed by atoms with Gasteiger partial charge in [-0.05, 0) is 42.3 Å². The van der Waals surface area contributed by atoms with Crippen LogP contribution < -0.4 is 0 Å². The molecule has 0 N–H and O–H groups in total. The fraction of sp³-hybridized carbons (Fsp3) is 0.0625. The summed E-state index contributed by atoms with van der Waals surface area (Å²) in [7, 11) is 0. The second kappa shape index (κ2) is 5.41. The van der Waals surface area contributed by atoms with Gasteiger partial charge in [0.15, 0.2) is 5.78 Å². The molecule has 0 atom stereocenters. The van der Waals surface area contributed by atoms with Gasteiger partial charge in [0.1, 0.15) is 5.82 Å². The van der Waals surface area contributed by atoms with Crippen molar-refractivity contribution in [2.24, 2.45) is 0 Å². The Morgan fingerprint density at radius 1 is 1.11 bits per heavy atom. The number of allylic oxidation sites excluding steroid dienone is 1. The Kier molecular flexibility index (Phi) is 3.68. The minimum atomic E-state index is -0.323. The molecule has 0 bridgehead atoms. The van der Waals surface area contributed by atoms with E-state index in [1.54, 1.807) is 13.0 Å². The predicted molar refractivity (Wildman–Crippen MR) is 70.9 cm³/mol. The number of carbonyl (C=O) groups is 1. The molecule has 0 unspecified atom stereocenters. The van der Waals surface area contributed by atoms with Gasteiger partial charge >= 0.3 is 0 Å². The van der Waals surface area contributed by atoms with Gasteiger partial charge in [-0.25, -0.2) is 4.39 Å². The Labute approximate surface area is 106 Å². The lowest BCUT2D eigenvalue weighted by molar-refractivity contribution is 0.104. The molecular weight excluding hydrogens is 227 g/mol. The fourth-order valence-corrected chi connectivity index (χ4v) is 1.73. The molecule has 0 heterocycles. The molecule has 90 valence electrons. The van der Waals surface area contributed by atoms with Crippen molar-refractivity contribution in [2.75, 3.05) is 0 Å². The average Bonchev–Trinajstić information content (AvgIpc) is 2.37. The van der Waals surface area contributed by atoms with Crippen LogP contribution >= 0.6 is 0 Å². The minimum absolute atomic E-state index is 0.114. The first-order chi connectivity index (χ1) is 8.66. The van der Waals surface area contributed by atoms with Crippen molar-refractivity contribution in [3.63, 3.8) is 0 Å². The SMILES string of the molecule is Cc1cc(F)ccc1C(=O)/C=C/c1ccccc1. The van der Waals surface area contributed by atoms with Crippen molar-refractivity contribution < 1.29 is 9.18 Å². The molecule has 18 heavy (non-hydrogen) atoms. The predicted octanol–water partition coefficient (Wildman–Crippen LogP) is 4.03. The van der Waals surface area contributed by atoms with Gasteiger partial charge in [0.25, 0.3) is 0 Å². The van der Waals surface area contributed by atoms with Crippen molar-refractivity contribution in [1.82, 2.24) is 0 Å². The summed E-state index contributed by atoms with van der Waals surface area (Å²) >= 11 is 0. The lowest BCUT2D eigenvalue weighted by Gasteiger charge is -2.01. The van der Waals surface area contributed by atoms with E-state index < -0.39 is 0 Å². The van der Waals surface area contributed by atoms with Gasteiger partial charge in [-0.15, -0.1) is 0 Å². The highest BCUT2D eigenvalue weighted by molar-refractivity contribution is 6.07. The molecule has 0 saturated carbocycles. The van der Waals surface area contributed by atoms with Gasteiger partial charge in [-0.3, -0.25) is 4.79 Å². The third kappa shape index (κ3) is 2.92. The molecular formula is C16H13FO. The Morgan fingerprint density at radius 3 is 2.50 bits per heavy atom. The summed E-state index contributed by atoms with van der Waals surface area (Å²) in [5, 5.41) is 0. The van der Waals surface area contributed by atoms with E-state index in [-0.39, 0.29) is 11.6 Å². The minimum Gasteiger partial charge on any atom is -0.289 e. The van der Waals surface area contributed by atoms with E-state index in [2.05, 4.69) is 0 Å². The quantitative estimate of drug-likeness (QED) is 0.584. The molecule has 0 fully saturated rings. The topological polar surface area (TPSA) is 17.1 Å². The molecule has 0 spiro atoms. The standard InChI is InChI=1S/C16H13FO/c1-12-11-14(17)8-9-15(12)16(18)10-7-13-5-3-2-4-6-13/h2-11H,1H3/b10-7+. The van der Waals surface area contributed by atoms with Gasteiger partial charge in [-0.2, -0.15) is 0 Å². The summed E-state index contributed by atoms with van der Waals surface area (Å²) in [5.74, 6) is -0.438. The first-order valence-corrected chi connectivity index (χ1v) is 5.70. The third-order valence-electron chi connectivity index (χ3n) is 2.68. The van der Waals surface area contributed by atoms with Crippen molar-refractivity contribution >= 4 is 11.9 Å². The van der Waals surface area contributed by atoms with E-state index in [1.165, 1.54) is 24.3 Å². The Bertz CT molecular complexity index is 585. The van der Waals surface area contributed by atoms with E-state index in [0.717, 1.165) is 5.56 Å². The molecule has 0 aliphatic carbocycles. The summed E-state index contributed by atoms with van der Waals surface area (Å²) in [4.78, 5) is 11.9. The van der Waals surface area contributed by atoms with Gasteiger partial charge in [0.05, 0.1) is 0 Å². The molecule has 0 aliphatic rings. The molecule has 2 aromatic carbocycles. The Hall–Kier alpha value is -2.22. The maximum absolute atomic E-state index is 12.9. The fourth-order valence-electron chi connectivity index (χ4n) is 1.73. The third-order valence-corrected chi connectivity index (χ3v) is 2.68. The van der Waals surface area contributed by atoms with Crippen LogP contribution in [0.4, 0.5) is 4.39 Å². The zero-order chi connectivity index (χ0) is 13.0. The van der Waals surface area contributed by atoms with Crippen LogP contribution in [0.3, 0.4) is 0 Å². The lowest BCUT2D eigenvalue weighted by Crippen LogP contribution is -1.98. The van der Waals surface area contributed by atoms with Crippen molar-refractivity contribution in [3.05, 3.63) is 77.1 Å². The molecule has 2 rings (SSSR count). The molecule has 0 aliphatic heterocycles. The number of ketones is 1. The summed E-state index contributed by atoms with van der Waals surface area (Å²) in [6, 6.07) is 13.8. The van der Waals surface area contributed by atoms with Crippen LogP contribution in [0.15, 0.2) is 54.6 Å². The van der Waals surface area contributed by atoms with Crippen LogP contribution in [-0.4, -0.2) is 5.78 Å². The lowest BCUT2D eigenvalue weighted by atomic mass is 10.0. The van der Waals surface area contributed by atoms with Crippen LogP contribution in [0.2, 0.25) is 0 Å². The van der Waals surface area contributed by atoms with Gasteiger partial charge in [0, 0.05) is 5.56 Å². The maximum Gasteiger partial charge on any atom is 0.186 e. The van der Waals surface area contributed by atoms with Crippen LogP contribution in [0.1, 0.15) is 21.5 Å². The zero-order valence-electron chi connectivity index (χ0n) is 10.1. The molecule has 0 radical (unpaired) electrons. The largest absolute Gasteiger partial charge is 0.289 e. The highest BCUT2D eigenvalue weighted by Gasteiger charge is 2.06. The van der Waals surface area contributed by atoms with E-state index in [4.69, 9.17) is 0 Å². The number of rotatable bonds is 3. The van der Waals surface area contributed by atoms with E-state index >= 15 is 0 Å². The van der Waals surface area contributed by atoms with Crippen molar-refractivity contribution in [2.45, 2.75) is 6.92 Å². The number of carbonyl (C=O) groups excluding carboxylic acids is 1. The molecule has 1 nitrogen and oxygen atoms in total. The van der Waals surface area contributed by atoms with E-state index in [0.29, 0.717) is 11.1 Å². The molecule has 2 aromatic rings. The Balaban J connectivity index is 2.20. The van der Waals surface area contributed by atoms with Crippen LogP contribution in [0.5, 0.6) is 0 Å². The zero-order valence-corrected chi connectivity index (χ0v) is 10.1. The number of hydrogen-bond acceptors (Lipinski definition) is 1. The second-order valence-corrected chi connectivity index (χ2v) is 4.07. The normalized spacial score (nSPS) is 10.8. The molecule has 0 saturated heterocycles. The van der Waals surface area contributed by atoms with E-state index in [9.17, 15) is 9.18 Å². The molecule has 0 amide bonds. The van der Waals surface area contributed by atoms with Crippen LogP contribution in [0, 0.1) is 12.7 Å². The summed E-state index contributed by atoms with van der Waals surface area (Å²) in [6.45, 7) is 1.73. The van der Waals surface area contributed by atoms with Gasteiger partial charge in [-0.1, -0.05) is 36.4 Å². The number of benzene rings is 2. The molecule has 2 heteroatoms. The number of hydrogen-bond donors (Lipinski definition) is 0. The Morgan fingerprint density at radius 2 is 1.83 bits per heavy atom. The second-order valence-electron chi connectivity index (χ2n) is 4.07. The van der Waals surface area contributed by atoms with Gasteiger partial charge < -0.3 is 0 Å². The first kappa shape index (κ1) is 12.2. The summed E-state index contributed by atoms with van der Waals surface area (Å²) < 4.78 is 12.9. The van der Waals surface area contributed by atoms with E-state index in [1.807, 2.05) is 30.3 Å².